The Morgan fingerprint density at radius 3 is 2.47 bits per heavy atom. The molecule has 0 saturated carbocycles. The average Bonchev–Trinajstić information content (AvgIpc) is 2.62. The van der Waals surface area contributed by atoms with Crippen molar-refractivity contribution in [2.75, 3.05) is 0 Å². The van der Waals surface area contributed by atoms with E-state index in [1.165, 1.54) is 0 Å². The molecule has 0 spiro atoms. The van der Waals surface area contributed by atoms with Crippen LogP contribution < -0.4 is 0 Å². The van der Waals surface area contributed by atoms with Crippen molar-refractivity contribution < 1.29 is 15.0 Å². The second-order valence-corrected chi connectivity index (χ2v) is 3.84. The van der Waals surface area contributed by atoms with E-state index in [2.05, 4.69) is 4.98 Å². The maximum atomic E-state index is 10.6. The Morgan fingerprint density at radius 1 is 1.27 bits per heavy atom. The van der Waals surface area contributed by atoms with E-state index >= 15 is 0 Å². The van der Waals surface area contributed by atoms with Gasteiger partial charge in [0, 0.05) is 0 Å². The molecule has 76 valence electrons. The highest BCUT2D eigenvalue weighted by molar-refractivity contribution is 7.17. The lowest BCUT2D eigenvalue weighted by molar-refractivity contribution is 0.0695. The molecule has 0 amide bonds. The zero-order valence-corrected chi connectivity index (χ0v) is 8.36. The number of carboxylic acids is 1. The van der Waals surface area contributed by atoms with Crippen molar-refractivity contribution in [2.24, 2.45) is 0 Å². The van der Waals surface area contributed by atoms with E-state index in [1.54, 1.807) is 12.1 Å². The minimum absolute atomic E-state index is 0.105. The second-order valence-electron chi connectivity index (χ2n) is 2.84. The predicted molar refractivity (Wildman–Crippen MR) is 56.2 cm³/mol. The Bertz CT molecular complexity index is 493. The molecule has 0 atom stereocenters. The van der Waals surface area contributed by atoms with Crippen LogP contribution in [0.15, 0.2) is 30.3 Å². The molecule has 2 aromatic rings. The summed E-state index contributed by atoms with van der Waals surface area (Å²) in [5.41, 5.74) is 0.764. The molecule has 0 bridgehead atoms. The fourth-order valence-corrected chi connectivity index (χ4v) is 1.98. The summed E-state index contributed by atoms with van der Waals surface area (Å²) in [5, 5.41) is 18.1. The van der Waals surface area contributed by atoms with E-state index in [9.17, 15) is 9.90 Å². The topological polar surface area (TPSA) is 70.4 Å². The Hall–Kier alpha value is -1.88. The highest BCUT2D eigenvalue weighted by Gasteiger charge is 2.15. The number of aromatic nitrogens is 1. The van der Waals surface area contributed by atoms with Gasteiger partial charge < -0.3 is 10.2 Å². The monoisotopic (exact) mass is 221 g/mol. The van der Waals surface area contributed by atoms with Gasteiger partial charge in [0.15, 0.2) is 0 Å². The van der Waals surface area contributed by atoms with Gasteiger partial charge in [-0.1, -0.05) is 30.3 Å². The molecule has 2 N–H and O–H groups in total. The van der Waals surface area contributed by atoms with Gasteiger partial charge in [-0.05, 0) is 5.56 Å². The van der Waals surface area contributed by atoms with E-state index in [0.29, 0.717) is 4.88 Å². The molecule has 1 aromatic carbocycles. The maximum Gasteiger partial charge on any atom is 0.365 e. The van der Waals surface area contributed by atoms with Gasteiger partial charge in [-0.25, -0.2) is 4.79 Å². The maximum absolute atomic E-state index is 10.6. The molecule has 0 saturated heterocycles. The summed E-state index contributed by atoms with van der Waals surface area (Å²) in [6.07, 6.45) is 0. The van der Waals surface area contributed by atoms with Crippen molar-refractivity contribution >= 4 is 17.3 Å². The number of carbonyl (C=O) groups is 1. The highest BCUT2D eigenvalue weighted by atomic mass is 32.1. The number of hydrogen-bond acceptors (Lipinski definition) is 4. The molecule has 0 aliphatic rings. The molecular formula is C10H7NO3S. The molecule has 5 heteroatoms. The van der Waals surface area contributed by atoms with Gasteiger partial charge in [0.05, 0.1) is 4.88 Å². The van der Waals surface area contributed by atoms with Crippen LogP contribution >= 0.6 is 11.3 Å². The highest BCUT2D eigenvalue weighted by Crippen LogP contribution is 2.34. The van der Waals surface area contributed by atoms with Gasteiger partial charge in [-0.3, -0.25) is 0 Å². The SMILES string of the molecule is O=C(O)c1nc(O)c(-c2ccccc2)s1. The van der Waals surface area contributed by atoms with Gasteiger partial charge in [0.25, 0.3) is 0 Å². The summed E-state index contributed by atoms with van der Waals surface area (Å²) in [6, 6.07) is 9.06. The molecular weight excluding hydrogens is 214 g/mol. The van der Waals surface area contributed by atoms with Crippen LogP contribution in [-0.4, -0.2) is 21.2 Å². The summed E-state index contributed by atoms with van der Waals surface area (Å²) >= 11 is 0.960. The normalized spacial score (nSPS) is 10.1. The number of rotatable bonds is 2. The molecule has 0 fully saturated rings. The first-order valence-corrected chi connectivity index (χ1v) is 4.98. The third kappa shape index (κ3) is 1.82. The zero-order chi connectivity index (χ0) is 10.8. The predicted octanol–water partition coefficient (Wildman–Crippen LogP) is 2.21. The third-order valence-corrected chi connectivity index (χ3v) is 2.91. The van der Waals surface area contributed by atoms with Crippen molar-refractivity contribution in [3.05, 3.63) is 35.3 Å². The van der Waals surface area contributed by atoms with Crippen molar-refractivity contribution in [2.45, 2.75) is 0 Å². The molecule has 1 aromatic heterocycles. The van der Waals surface area contributed by atoms with Gasteiger partial charge in [0.2, 0.25) is 10.9 Å². The molecule has 0 unspecified atom stereocenters. The number of aromatic carboxylic acids is 1. The molecule has 0 radical (unpaired) electrons. The zero-order valence-electron chi connectivity index (χ0n) is 7.54. The molecule has 2 rings (SSSR count). The summed E-state index contributed by atoms with van der Waals surface area (Å²) in [6.45, 7) is 0. The lowest BCUT2D eigenvalue weighted by Gasteiger charge is -1.94. The lowest BCUT2D eigenvalue weighted by Crippen LogP contribution is -1.93. The van der Waals surface area contributed by atoms with Crippen molar-refractivity contribution in [3.63, 3.8) is 0 Å². The van der Waals surface area contributed by atoms with Gasteiger partial charge in [-0.15, -0.1) is 11.3 Å². The number of aromatic hydroxyl groups is 1. The largest absolute Gasteiger partial charge is 0.492 e. The standard InChI is InChI=1S/C10H7NO3S/c12-8-7(6-4-2-1-3-5-6)15-9(11-8)10(13)14/h1-5,12H,(H,13,14). The molecule has 4 nitrogen and oxygen atoms in total. The molecule has 0 aliphatic carbocycles. The van der Waals surface area contributed by atoms with Gasteiger partial charge in [-0.2, -0.15) is 4.98 Å². The minimum Gasteiger partial charge on any atom is -0.492 e. The first kappa shape index (κ1) is 9.67. The van der Waals surface area contributed by atoms with Crippen LogP contribution in [0.1, 0.15) is 9.80 Å². The van der Waals surface area contributed by atoms with Crippen molar-refractivity contribution in [1.82, 2.24) is 4.98 Å². The number of benzene rings is 1. The fourth-order valence-electron chi connectivity index (χ4n) is 1.18. The van der Waals surface area contributed by atoms with Crippen molar-refractivity contribution in [3.8, 4) is 16.3 Å². The van der Waals surface area contributed by atoms with E-state index < -0.39 is 5.97 Å². The van der Waals surface area contributed by atoms with Crippen LogP contribution in [0.25, 0.3) is 10.4 Å². The Morgan fingerprint density at radius 2 is 1.93 bits per heavy atom. The van der Waals surface area contributed by atoms with Crippen LogP contribution in [0.2, 0.25) is 0 Å². The number of thiazole rings is 1. The Balaban J connectivity index is 2.50. The summed E-state index contributed by atoms with van der Waals surface area (Å²) in [5.74, 6) is -1.36. The van der Waals surface area contributed by atoms with Gasteiger partial charge >= 0.3 is 5.97 Å². The smallest absolute Gasteiger partial charge is 0.365 e. The third-order valence-electron chi connectivity index (χ3n) is 1.83. The summed E-state index contributed by atoms with van der Waals surface area (Å²) < 4.78 is 0. The number of hydrogen-bond donors (Lipinski definition) is 2. The van der Waals surface area contributed by atoms with Crippen LogP contribution in [0.4, 0.5) is 0 Å². The first-order valence-electron chi connectivity index (χ1n) is 4.17. The van der Waals surface area contributed by atoms with Gasteiger partial charge in [0.1, 0.15) is 0 Å². The Labute approximate surface area is 89.5 Å². The van der Waals surface area contributed by atoms with Crippen LogP contribution in [0.5, 0.6) is 5.88 Å². The second kappa shape index (κ2) is 3.70. The van der Waals surface area contributed by atoms with E-state index in [1.807, 2.05) is 18.2 Å². The number of carboxylic acid groups (broad SMARTS) is 1. The summed E-state index contributed by atoms with van der Waals surface area (Å²) in [4.78, 5) is 14.7. The number of nitrogens with zero attached hydrogens (tertiary/aromatic N) is 1. The summed E-state index contributed by atoms with van der Waals surface area (Å²) in [7, 11) is 0. The van der Waals surface area contributed by atoms with E-state index in [0.717, 1.165) is 16.9 Å². The van der Waals surface area contributed by atoms with Crippen molar-refractivity contribution in [1.29, 1.82) is 0 Å². The quantitative estimate of drug-likeness (QED) is 0.815. The first-order chi connectivity index (χ1) is 7.18. The fraction of sp³-hybridized carbons (Fsp3) is 0. The van der Waals surface area contributed by atoms with Crippen LogP contribution in [0.3, 0.4) is 0 Å². The van der Waals surface area contributed by atoms with Crippen LogP contribution in [-0.2, 0) is 0 Å². The molecule has 0 aliphatic heterocycles. The van der Waals surface area contributed by atoms with E-state index in [4.69, 9.17) is 5.11 Å². The Kier molecular flexibility index (Phi) is 2.39. The van der Waals surface area contributed by atoms with E-state index in [-0.39, 0.29) is 10.9 Å². The minimum atomic E-state index is -1.13. The average molecular weight is 221 g/mol. The lowest BCUT2D eigenvalue weighted by atomic mass is 10.2. The molecule has 15 heavy (non-hydrogen) atoms. The van der Waals surface area contributed by atoms with Crippen LogP contribution in [0, 0.1) is 0 Å². The molecule has 1 heterocycles.